The minimum atomic E-state index is -0.132. The highest BCUT2D eigenvalue weighted by atomic mass is 35.5. The van der Waals surface area contributed by atoms with Crippen molar-refractivity contribution in [2.45, 2.75) is 129 Å². The van der Waals surface area contributed by atoms with Crippen molar-refractivity contribution in [1.82, 2.24) is 0 Å². The Morgan fingerprint density at radius 3 is 1.58 bits per heavy atom. The third kappa shape index (κ3) is 16.5. The van der Waals surface area contributed by atoms with Crippen LogP contribution in [-0.2, 0) is 16.1 Å². The molecule has 0 heterocycles. The van der Waals surface area contributed by atoms with Crippen LogP contribution < -0.4 is 0 Å². The molecule has 0 saturated carbocycles. The monoisotopic (exact) mass is 470 g/mol. The van der Waals surface area contributed by atoms with Crippen LogP contribution in [0.2, 0.25) is 10.0 Å². The zero-order valence-electron chi connectivity index (χ0n) is 19.7. The van der Waals surface area contributed by atoms with E-state index in [0.29, 0.717) is 16.5 Å². The molecule has 0 amide bonds. The third-order valence-electron chi connectivity index (χ3n) is 5.87. The molecule has 0 N–H and O–H groups in total. The van der Waals surface area contributed by atoms with Crippen LogP contribution in [0.1, 0.15) is 128 Å². The molecule has 0 aliphatic heterocycles. The molecule has 0 bridgehead atoms. The van der Waals surface area contributed by atoms with Gasteiger partial charge in [0.1, 0.15) is 6.61 Å². The highest BCUT2D eigenvalue weighted by Crippen LogP contribution is 2.23. The van der Waals surface area contributed by atoms with E-state index < -0.39 is 0 Å². The average molecular weight is 472 g/mol. The second kappa shape index (κ2) is 19.9. The molecule has 4 heteroatoms. The fraction of sp³-hybridized carbons (Fsp3) is 0.741. The first-order chi connectivity index (χ1) is 15.1. The summed E-state index contributed by atoms with van der Waals surface area (Å²) in [6.45, 7) is 2.54. The molecule has 178 valence electrons. The Hall–Kier alpha value is -0.730. The molecular formula is C27H44Cl2O2. The van der Waals surface area contributed by atoms with Crippen LogP contribution in [0.4, 0.5) is 0 Å². The minimum absolute atomic E-state index is 0.132. The summed E-state index contributed by atoms with van der Waals surface area (Å²) in [4.78, 5) is 11.8. The first kappa shape index (κ1) is 28.3. The molecule has 0 saturated heterocycles. The summed E-state index contributed by atoms with van der Waals surface area (Å²) >= 11 is 11.9. The van der Waals surface area contributed by atoms with Crippen molar-refractivity contribution in [3.05, 3.63) is 33.8 Å². The standard InChI is InChI=1S/C27H44Cl2O2/c1-2-3-4-5-6-7-8-9-10-11-12-13-14-15-16-17-18-19-27(30)31-23-24-20-21-25(28)26(29)22-24/h20-22H,2-19,23H2,1H3. The smallest absolute Gasteiger partial charge is 0.306 e. The lowest BCUT2D eigenvalue weighted by Crippen LogP contribution is -2.04. The van der Waals surface area contributed by atoms with Gasteiger partial charge in [0.15, 0.2) is 0 Å². The van der Waals surface area contributed by atoms with Crippen molar-refractivity contribution in [2.75, 3.05) is 0 Å². The second-order valence-corrected chi connectivity index (χ2v) is 9.63. The van der Waals surface area contributed by atoms with Gasteiger partial charge in [-0.25, -0.2) is 0 Å². The highest BCUT2D eigenvalue weighted by molar-refractivity contribution is 6.42. The molecule has 0 unspecified atom stereocenters. The molecule has 0 aliphatic carbocycles. The SMILES string of the molecule is CCCCCCCCCCCCCCCCCCCC(=O)OCc1ccc(Cl)c(Cl)c1. The number of rotatable bonds is 20. The van der Waals surface area contributed by atoms with Crippen LogP contribution in [0.5, 0.6) is 0 Å². The predicted molar refractivity (Wildman–Crippen MR) is 135 cm³/mol. The van der Waals surface area contributed by atoms with Gasteiger partial charge < -0.3 is 4.74 Å². The molecule has 1 aromatic carbocycles. The van der Waals surface area contributed by atoms with E-state index in [2.05, 4.69) is 6.92 Å². The van der Waals surface area contributed by atoms with E-state index in [9.17, 15) is 4.79 Å². The van der Waals surface area contributed by atoms with Gasteiger partial charge in [0.05, 0.1) is 10.0 Å². The normalized spacial score (nSPS) is 11.1. The van der Waals surface area contributed by atoms with E-state index in [-0.39, 0.29) is 12.6 Å². The topological polar surface area (TPSA) is 26.3 Å². The van der Waals surface area contributed by atoms with Crippen molar-refractivity contribution in [3.8, 4) is 0 Å². The Labute approximate surface area is 201 Å². The Morgan fingerprint density at radius 1 is 0.677 bits per heavy atom. The molecule has 0 aliphatic rings. The number of halogens is 2. The number of carbonyl (C=O) groups excluding carboxylic acids is 1. The minimum Gasteiger partial charge on any atom is -0.461 e. The van der Waals surface area contributed by atoms with Gasteiger partial charge in [0.2, 0.25) is 0 Å². The number of esters is 1. The predicted octanol–water partition coefficient (Wildman–Crippen LogP) is 10.1. The lowest BCUT2D eigenvalue weighted by molar-refractivity contribution is -0.145. The fourth-order valence-corrected chi connectivity index (χ4v) is 4.18. The molecule has 1 aromatic rings. The molecule has 0 aromatic heterocycles. The van der Waals surface area contributed by atoms with Crippen LogP contribution in [-0.4, -0.2) is 5.97 Å². The number of benzene rings is 1. The van der Waals surface area contributed by atoms with E-state index in [1.54, 1.807) is 12.1 Å². The molecular weight excluding hydrogens is 427 g/mol. The summed E-state index contributed by atoms with van der Waals surface area (Å²) in [7, 11) is 0. The summed E-state index contributed by atoms with van der Waals surface area (Å²) in [6.07, 6.45) is 23.3. The van der Waals surface area contributed by atoms with Crippen molar-refractivity contribution in [2.24, 2.45) is 0 Å². The van der Waals surface area contributed by atoms with E-state index >= 15 is 0 Å². The summed E-state index contributed by atoms with van der Waals surface area (Å²) in [5, 5.41) is 1.00. The fourth-order valence-electron chi connectivity index (χ4n) is 3.86. The van der Waals surface area contributed by atoms with Gasteiger partial charge in [-0.05, 0) is 24.1 Å². The van der Waals surface area contributed by atoms with E-state index in [0.717, 1.165) is 18.4 Å². The van der Waals surface area contributed by atoms with Crippen molar-refractivity contribution in [3.63, 3.8) is 0 Å². The molecule has 0 radical (unpaired) electrons. The first-order valence-corrected chi connectivity index (χ1v) is 13.5. The number of carbonyl (C=O) groups is 1. The molecule has 2 nitrogen and oxygen atoms in total. The van der Waals surface area contributed by atoms with Crippen molar-refractivity contribution >= 4 is 29.2 Å². The van der Waals surface area contributed by atoms with Crippen LogP contribution in [0, 0.1) is 0 Å². The van der Waals surface area contributed by atoms with E-state index in [4.69, 9.17) is 27.9 Å². The maximum absolute atomic E-state index is 11.8. The van der Waals surface area contributed by atoms with Crippen LogP contribution in [0.15, 0.2) is 18.2 Å². The van der Waals surface area contributed by atoms with Gasteiger partial charge in [-0.3, -0.25) is 4.79 Å². The number of hydrogen-bond acceptors (Lipinski definition) is 2. The van der Waals surface area contributed by atoms with Gasteiger partial charge >= 0.3 is 5.97 Å². The average Bonchev–Trinajstić information content (AvgIpc) is 2.76. The zero-order valence-corrected chi connectivity index (χ0v) is 21.3. The quantitative estimate of drug-likeness (QED) is 0.140. The Bertz CT molecular complexity index is 574. The third-order valence-corrected chi connectivity index (χ3v) is 6.61. The Morgan fingerprint density at radius 2 is 1.13 bits per heavy atom. The van der Waals surface area contributed by atoms with E-state index in [1.165, 1.54) is 96.3 Å². The summed E-state index contributed by atoms with van der Waals surface area (Å²) in [6, 6.07) is 5.30. The summed E-state index contributed by atoms with van der Waals surface area (Å²) < 4.78 is 5.31. The van der Waals surface area contributed by atoms with Crippen molar-refractivity contribution < 1.29 is 9.53 Å². The number of ether oxygens (including phenoxy) is 1. The van der Waals surface area contributed by atoms with Crippen LogP contribution >= 0.6 is 23.2 Å². The van der Waals surface area contributed by atoms with Crippen molar-refractivity contribution in [1.29, 1.82) is 0 Å². The maximum Gasteiger partial charge on any atom is 0.306 e. The maximum atomic E-state index is 11.8. The second-order valence-electron chi connectivity index (χ2n) is 8.82. The van der Waals surface area contributed by atoms with Gasteiger partial charge in [-0.15, -0.1) is 0 Å². The van der Waals surface area contributed by atoms with Crippen LogP contribution in [0.25, 0.3) is 0 Å². The first-order valence-electron chi connectivity index (χ1n) is 12.7. The lowest BCUT2D eigenvalue weighted by atomic mass is 10.0. The number of unbranched alkanes of at least 4 members (excludes halogenated alkanes) is 16. The largest absolute Gasteiger partial charge is 0.461 e. The molecule has 0 atom stereocenters. The molecule has 0 fully saturated rings. The Kier molecular flexibility index (Phi) is 18.2. The van der Waals surface area contributed by atoms with Gasteiger partial charge in [0.25, 0.3) is 0 Å². The van der Waals surface area contributed by atoms with E-state index in [1.807, 2.05) is 6.07 Å². The molecule has 31 heavy (non-hydrogen) atoms. The van der Waals surface area contributed by atoms with Crippen LogP contribution in [0.3, 0.4) is 0 Å². The number of hydrogen-bond donors (Lipinski definition) is 0. The summed E-state index contributed by atoms with van der Waals surface area (Å²) in [5.74, 6) is -0.132. The van der Waals surface area contributed by atoms with Gasteiger partial charge in [0, 0.05) is 6.42 Å². The van der Waals surface area contributed by atoms with Gasteiger partial charge in [-0.2, -0.15) is 0 Å². The Balaban J connectivity index is 1.81. The zero-order chi connectivity index (χ0) is 22.6. The lowest BCUT2D eigenvalue weighted by Gasteiger charge is -2.06. The summed E-state index contributed by atoms with van der Waals surface area (Å²) in [5.41, 5.74) is 0.866. The van der Waals surface area contributed by atoms with Gasteiger partial charge in [-0.1, -0.05) is 139 Å². The molecule has 1 rings (SSSR count). The highest BCUT2D eigenvalue weighted by Gasteiger charge is 2.05. The molecule has 0 spiro atoms.